The first-order chi connectivity index (χ1) is 14.5. The van der Waals surface area contributed by atoms with Gasteiger partial charge in [-0.25, -0.2) is 17.9 Å². The maximum atomic E-state index is 12.5. The highest BCUT2D eigenvalue weighted by Crippen LogP contribution is 2.16. The number of H-pyrrole nitrogens is 1. The molecule has 1 aromatic carbocycles. The molecule has 0 bridgehead atoms. The quantitative estimate of drug-likeness (QED) is 0.431. The maximum absolute atomic E-state index is 12.5. The third-order valence-corrected chi connectivity index (χ3v) is 5.33. The van der Waals surface area contributed by atoms with Crippen molar-refractivity contribution in [3.63, 3.8) is 0 Å². The topological polar surface area (TPSA) is 142 Å². The van der Waals surface area contributed by atoms with Crippen LogP contribution in [0.15, 0.2) is 35.2 Å². The molecule has 0 saturated carbocycles. The maximum Gasteiger partial charge on any atom is 0.407 e. The highest BCUT2D eigenvalue weighted by molar-refractivity contribution is 7.89. The number of carbonyl (C=O) groups excluding carboxylic acids is 2. The lowest BCUT2D eigenvalue weighted by molar-refractivity contribution is 0.0528. The van der Waals surface area contributed by atoms with Crippen LogP contribution < -0.4 is 15.4 Å². The molecule has 1 heterocycles. The van der Waals surface area contributed by atoms with Gasteiger partial charge in [-0.05, 0) is 51.5 Å². The van der Waals surface area contributed by atoms with Crippen LogP contribution in [0.3, 0.4) is 0 Å². The van der Waals surface area contributed by atoms with Crippen LogP contribution in [0.25, 0.3) is 0 Å². The summed E-state index contributed by atoms with van der Waals surface area (Å²) >= 11 is 0. The van der Waals surface area contributed by atoms with Crippen LogP contribution in [-0.2, 0) is 21.2 Å². The van der Waals surface area contributed by atoms with E-state index in [1.54, 1.807) is 32.9 Å². The summed E-state index contributed by atoms with van der Waals surface area (Å²) in [4.78, 5) is 23.9. The number of hydrogen-bond donors (Lipinski definition) is 4. The summed E-state index contributed by atoms with van der Waals surface area (Å²) in [7, 11) is -3.83. The standard InChI is InChI=1S/C20H29N5O5S/c1-5-7-15-13-17(25-24-15)18(26)23-14-8-6-9-16(12-14)31(28,29)22-11-10-21-19(27)30-20(2,3)4/h6,8-9,12-13,22H,5,7,10-11H2,1-4H3,(H,21,27)(H,23,26)(H,24,25). The van der Waals surface area contributed by atoms with Crippen molar-refractivity contribution in [3.8, 4) is 0 Å². The summed E-state index contributed by atoms with van der Waals surface area (Å²) in [6.45, 7) is 7.26. The molecule has 0 atom stereocenters. The molecule has 0 spiro atoms. The van der Waals surface area contributed by atoms with E-state index in [9.17, 15) is 18.0 Å². The van der Waals surface area contributed by atoms with Gasteiger partial charge < -0.3 is 15.4 Å². The summed E-state index contributed by atoms with van der Waals surface area (Å²) in [5.41, 5.74) is 0.762. The van der Waals surface area contributed by atoms with Gasteiger partial charge in [0, 0.05) is 24.5 Å². The molecule has 31 heavy (non-hydrogen) atoms. The van der Waals surface area contributed by atoms with Crippen molar-refractivity contribution < 1.29 is 22.7 Å². The van der Waals surface area contributed by atoms with Crippen LogP contribution in [-0.4, -0.2) is 49.3 Å². The first-order valence-corrected chi connectivity index (χ1v) is 11.4. The molecule has 0 fully saturated rings. The van der Waals surface area contributed by atoms with E-state index in [1.165, 1.54) is 18.2 Å². The largest absolute Gasteiger partial charge is 0.444 e. The van der Waals surface area contributed by atoms with Gasteiger partial charge in [0.15, 0.2) is 5.69 Å². The van der Waals surface area contributed by atoms with Crippen molar-refractivity contribution in [2.75, 3.05) is 18.4 Å². The Balaban J connectivity index is 1.93. The Kier molecular flexibility index (Phi) is 8.17. The third kappa shape index (κ3) is 8.02. The minimum Gasteiger partial charge on any atom is -0.444 e. The Bertz CT molecular complexity index is 1010. The van der Waals surface area contributed by atoms with E-state index in [-0.39, 0.29) is 23.7 Å². The van der Waals surface area contributed by atoms with Gasteiger partial charge in [0.05, 0.1) is 4.90 Å². The number of rotatable bonds is 9. The van der Waals surface area contributed by atoms with Crippen LogP contribution in [0.2, 0.25) is 0 Å². The summed E-state index contributed by atoms with van der Waals surface area (Å²) in [5, 5.41) is 11.9. The molecule has 0 radical (unpaired) electrons. The number of benzene rings is 1. The molecule has 0 aliphatic heterocycles. The van der Waals surface area contributed by atoms with Crippen molar-refractivity contribution in [1.82, 2.24) is 20.2 Å². The number of alkyl carbamates (subject to hydrolysis) is 1. The number of amides is 2. The molecular weight excluding hydrogens is 422 g/mol. The summed E-state index contributed by atoms with van der Waals surface area (Å²) in [6.07, 6.45) is 1.07. The van der Waals surface area contributed by atoms with Crippen LogP contribution in [0, 0.1) is 0 Å². The van der Waals surface area contributed by atoms with Gasteiger partial charge >= 0.3 is 6.09 Å². The molecular formula is C20H29N5O5S. The van der Waals surface area contributed by atoms with Gasteiger partial charge in [-0.15, -0.1) is 0 Å². The predicted molar refractivity (Wildman–Crippen MR) is 116 cm³/mol. The lowest BCUT2D eigenvalue weighted by atomic mass is 10.2. The Morgan fingerprint density at radius 2 is 1.90 bits per heavy atom. The number of aryl methyl sites for hydroxylation is 1. The predicted octanol–water partition coefficient (Wildman–Crippen LogP) is 2.42. The van der Waals surface area contributed by atoms with Crippen molar-refractivity contribution in [3.05, 3.63) is 41.7 Å². The molecule has 4 N–H and O–H groups in total. The van der Waals surface area contributed by atoms with Crippen LogP contribution in [0.1, 0.15) is 50.3 Å². The zero-order chi connectivity index (χ0) is 23.1. The average Bonchev–Trinajstić information content (AvgIpc) is 3.13. The van der Waals surface area contributed by atoms with Gasteiger partial charge in [-0.2, -0.15) is 5.10 Å². The Morgan fingerprint density at radius 1 is 1.16 bits per heavy atom. The van der Waals surface area contributed by atoms with Gasteiger partial charge in [0.1, 0.15) is 5.60 Å². The Morgan fingerprint density at radius 3 is 2.58 bits per heavy atom. The minimum atomic E-state index is -3.83. The van der Waals surface area contributed by atoms with E-state index >= 15 is 0 Å². The summed E-state index contributed by atoms with van der Waals surface area (Å²) in [6, 6.07) is 7.53. The third-order valence-electron chi connectivity index (χ3n) is 3.87. The highest BCUT2D eigenvalue weighted by Gasteiger charge is 2.18. The minimum absolute atomic E-state index is 0.0173. The number of sulfonamides is 1. The molecule has 170 valence electrons. The van der Waals surface area contributed by atoms with E-state index in [2.05, 4.69) is 25.6 Å². The van der Waals surface area contributed by atoms with E-state index in [0.29, 0.717) is 5.69 Å². The number of nitrogens with one attached hydrogen (secondary N) is 4. The molecule has 2 rings (SSSR count). The van der Waals surface area contributed by atoms with Crippen molar-refractivity contribution >= 4 is 27.7 Å². The second kappa shape index (κ2) is 10.4. The molecule has 0 unspecified atom stereocenters. The van der Waals surface area contributed by atoms with E-state index in [4.69, 9.17) is 4.74 Å². The molecule has 11 heteroatoms. The van der Waals surface area contributed by atoms with Crippen molar-refractivity contribution in [1.29, 1.82) is 0 Å². The van der Waals surface area contributed by atoms with Gasteiger partial charge in [0.2, 0.25) is 10.0 Å². The van der Waals surface area contributed by atoms with Gasteiger partial charge in [0.25, 0.3) is 5.91 Å². The molecule has 0 aliphatic carbocycles. The molecule has 0 aliphatic rings. The van der Waals surface area contributed by atoms with Crippen LogP contribution in [0.4, 0.5) is 10.5 Å². The fraction of sp³-hybridized carbons (Fsp3) is 0.450. The van der Waals surface area contributed by atoms with Crippen LogP contribution in [0.5, 0.6) is 0 Å². The highest BCUT2D eigenvalue weighted by atomic mass is 32.2. The number of aromatic nitrogens is 2. The van der Waals surface area contributed by atoms with Crippen LogP contribution >= 0.6 is 0 Å². The Hall–Kier alpha value is -2.92. The van der Waals surface area contributed by atoms with Crippen molar-refractivity contribution in [2.45, 2.75) is 51.0 Å². The molecule has 0 saturated heterocycles. The summed E-state index contributed by atoms with van der Waals surface area (Å²) < 4.78 is 32.5. The fourth-order valence-corrected chi connectivity index (χ4v) is 3.64. The van der Waals surface area contributed by atoms with E-state index in [0.717, 1.165) is 18.5 Å². The lowest BCUT2D eigenvalue weighted by Crippen LogP contribution is -2.37. The molecule has 1 aromatic heterocycles. The lowest BCUT2D eigenvalue weighted by Gasteiger charge is -2.19. The summed E-state index contributed by atoms with van der Waals surface area (Å²) in [5.74, 6) is -0.442. The monoisotopic (exact) mass is 451 g/mol. The molecule has 2 aromatic rings. The fourth-order valence-electron chi connectivity index (χ4n) is 2.56. The Labute approximate surface area is 182 Å². The zero-order valence-corrected chi connectivity index (χ0v) is 18.9. The SMILES string of the molecule is CCCc1cc(C(=O)Nc2cccc(S(=O)(=O)NCCNC(=O)OC(C)(C)C)c2)n[nH]1. The average molecular weight is 452 g/mol. The van der Waals surface area contributed by atoms with Gasteiger partial charge in [-0.1, -0.05) is 19.4 Å². The smallest absolute Gasteiger partial charge is 0.407 e. The van der Waals surface area contributed by atoms with E-state index < -0.39 is 27.6 Å². The number of anilines is 1. The second-order valence-electron chi connectivity index (χ2n) is 7.84. The molecule has 2 amide bonds. The number of nitrogens with zero attached hydrogens (tertiary/aromatic N) is 1. The number of aromatic amines is 1. The number of hydrogen-bond acceptors (Lipinski definition) is 6. The first-order valence-electron chi connectivity index (χ1n) is 9.92. The second-order valence-corrected chi connectivity index (χ2v) is 9.60. The van der Waals surface area contributed by atoms with Crippen molar-refractivity contribution in [2.24, 2.45) is 0 Å². The van der Waals surface area contributed by atoms with E-state index in [1.807, 2.05) is 6.92 Å². The number of ether oxygens (including phenoxy) is 1. The molecule has 10 nitrogen and oxygen atoms in total. The normalized spacial score (nSPS) is 11.7. The van der Waals surface area contributed by atoms with Gasteiger partial charge in [-0.3, -0.25) is 9.89 Å². The number of carbonyl (C=O) groups is 2. The zero-order valence-electron chi connectivity index (χ0n) is 18.1. The first kappa shape index (κ1) is 24.4.